The van der Waals surface area contributed by atoms with Crippen molar-refractivity contribution < 1.29 is 8.42 Å². The molecule has 0 unspecified atom stereocenters. The lowest BCUT2D eigenvalue weighted by molar-refractivity contribution is 0.601. The van der Waals surface area contributed by atoms with E-state index in [2.05, 4.69) is 16.1 Å². The minimum Gasteiger partial charge on any atom is -0.312 e. The number of thiophene rings is 1. The van der Waals surface area contributed by atoms with Gasteiger partial charge < -0.3 is 5.32 Å². The SMILES string of the molecule is O=S(=O)(Nc1cccc2c1CNCC2)c1sccc1C1CC1. The highest BCUT2D eigenvalue weighted by Gasteiger charge is 2.32. The third kappa shape index (κ3) is 2.55. The molecule has 0 spiro atoms. The molecule has 2 heterocycles. The van der Waals surface area contributed by atoms with Crippen molar-refractivity contribution in [3.8, 4) is 0 Å². The summed E-state index contributed by atoms with van der Waals surface area (Å²) in [5.41, 5.74) is 4.00. The first-order valence-electron chi connectivity index (χ1n) is 7.57. The molecule has 1 fully saturated rings. The Morgan fingerprint density at radius 3 is 2.91 bits per heavy atom. The van der Waals surface area contributed by atoms with Crippen LogP contribution in [-0.4, -0.2) is 15.0 Å². The van der Waals surface area contributed by atoms with Gasteiger partial charge in [0.05, 0.1) is 5.69 Å². The van der Waals surface area contributed by atoms with Gasteiger partial charge in [-0.3, -0.25) is 4.72 Å². The fourth-order valence-corrected chi connectivity index (χ4v) is 5.65. The molecule has 1 saturated carbocycles. The van der Waals surface area contributed by atoms with E-state index in [9.17, 15) is 8.42 Å². The van der Waals surface area contributed by atoms with Crippen LogP contribution < -0.4 is 10.0 Å². The molecule has 4 rings (SSSR count). The highest BCUT2D eigenvalue weighted by molar-refractivity contribution is 7.94. The standard InChI is InChI=1S/C16H18N2O2S2/c19-22(20,16-13(7-9-21-16)12-4-5-12)18-15-3-1-2-11-6-8-17-10-14(11)15/h1-3,7,9,12,17-18H,4-6,8,10H2. The first kappa shape index (κ1) is 14.2. The summed E-state index contributed by atoms with van der Waals surface area (Å²) in [6.07, 6.45) is 3.14. The van der Waals surface area contributed by atoms with E-state index in [-0.39, 0.29) is 0 Å². The van der Waals surface area contributed by atoms with E-state index >= 15 is 0 Å². The number of nitrogens with one attached hydrogen (secondary N) is 2. The number of hydrogen-bond donors (Lipinski definition) is 2. The second-order valence-corrected chi connectivity index (χ2v) is 8.71. The molecule has 4 nitrogen and oxygen atoms in total. The zero-order chi connectivity index (χ0) is 15.2. The predicted molar refractivity (Wildman–Crippen MR) is 89.0 cm³/mol. The predicted octanol–water partition coefficient (Wildman–Crippen LogP) is 3.07. The van der Waals surface area contributed by atoms with Crippen molar-refractivity contribution in [1.29, 1.82) is 0 Å². The topological polar surface area (TPSA) is 58.2 Å². The van der Waals surface area contributed by atoms with E-state index in [1.807, 2.05) is 23.6 Å². The maximum Gasteiger partial charge on any atom is 0.271 e. The number of sulfonamides is 1. The Morgan fingerprint density at radius 2 is 2.09 bits per heavy atom. The Labute approximate surface area is 134 Å². The lowest BCUT2D eigenvalue weighted by atomic mass is 10.00. The highest BCUT2D eigenvalue weighted by Crippen LogP contribution is 2.45. The quantitative estimate of drug-likeness (QED) is 0.903. The number of benzene rings is 1. The summed E-state index contributed by atoms with van der Waals surface area (Å²) < 4.78 is 28.9. The van der Waals surface area contributed by atoms with Crippen LogP contribution >= 0.6 is 11.3 Å². The van der Waals surface area contributed by atoms with E-state index in [0.29, 0.717) is 22.4 Å². The fourth-order valence-electron chi connectivity index (χ4n) is 3.02. The normalized spacial score (nSPS) is 18.0. The van der Waals surface area contributed by atoms with Gasteiger partial charge in [0.1, 0.15) is 4.21 Å². The van der Waals surface area contributed by atoms with Gasteiger partial charge in [-0.15, -0.1) is 11.3 Å². The molecule has 116 valence electrons. The van der Waals surface area contributed by atoms with Crippen LogP contribution in [0.3, 0.4) is 0 Å². The lowest BCUT2D eigenvalue weighted by Gasteiger charge is -2.21. The molecular weight excluding hydrogens is 316 g/mol. The van der Waals surface area contributed by atoms with Crippen LogP contribution in [0.1, 0.15) is 35.4 Å². The first-order chi connectivity index (χ1) is 10.6. The van der Waals surface area contributed by atoms with Crippen LogP contribution in [0.15, 0.2) is 33.9 Å². The minimum absolute atomic E-state index is 0.434. The van der Waals surface area contributed by atoms with Gasteiger partial charge in [-0.05, 0) is 65.9 Å². The van der Waals surface area contributed by atoms with Gasteiger partial charge >= 0.3 is 0 Å². The molecule has 0 saturated heterocycles. The Kier molecular flexibility index (Phi) is 3.47. The van der Waals surface area contributed by atoms with Gasteiger partial charge in [0, 0.05) is 6.54 Å². The van der Waals surface area contributed by atoms with Crippen LogP contribution in [0.5, 0.6) is 0 Å². The fraction of sp³-hybridized carbons (Fsp3) is 0.375. The van der Waals surface area contributed by atoms with Crippen molar-refractivity contribution in [3.63, 3.8) is 0 Å². The Balaban J connectivity index is 1.69. The van der Waals surface area contributed by atoms with Gasteiger partial charge in [-0.25, -0.2) is 8.42 Å². The Morgan fingerprint density at radius 1 is 1.23 bits per heavy atom. The van der Waals surface area contributed by atoms with E-state index in [1.165, 1.54) is 16.9 Å². The van der Waals surface area contributed by atoms with Crippen LogP contribution in [0.25, 0.3) is 0 Å². The molecule has 0 atom stereocenters. The van der Waals surface area contributed by atoms with E-state index in [1.54, 1.807) is 0 Å². The first-order valence-corrected chi connectivity index (χ1v) is 9.93. The number of anilines is 1. The second-order valence-electron chi connectivity index (χ2n) is 5.91. The lowest BCUT2D eigenvalue weighted by Crippen LogP contribution is -2.25. The average molecular weight is 334 g/mol. The summed E-state index contributed by atoms with van der Waals surface area (Å²) >= 11 is 1.32. The summed E-state index contributed by atoms with van der Waals surface area (Å²) in [6, 6.07) is 7.82. The molecule has 0 amide bonds. The second kappa shape index (κ2) is 5.37. The van der Waals surface area contributed by atoms with E-state index < -0.39 is 10.0 Å². The third-order valence-electron chi connectivity index (χ3n) is 4.31. The molecule has 1 aliphatic heterocycles. The molecule has 2 N–H and O–H groups in total. The minimum atomic E-state index is -3.50. The monoisotopic (exact) mass is 334 g/mol. The number of hydrogen-bond acceptors (Lipinski definition) is 4. The third-order valence-corrected chi connectivity index (χ3v) is 7.19. The van der Waals surface area contributed by atoms with Crippen LogP contribution in [0.2, 0.25) is 0 Å². The van der Waals surface area contributed by atoms with Crippen LogP contribution in [0.4, 0.5) is 5.69 Å². The van der Waals surface area contributed by atoms with Crippen LogP contribution in [-0.2, 0) is 23.0 Å². The summed E-state index contributed by atoms with van der Waals surface area (Å²) in [6.45, 7) is 1.66. The molecule has 0 radical (unpaired) electrons. The smallest absolute Gasteiger partial charge is 0.271 e. The van der Waals surface area contributed by atoms with E-state index in [4.69, 9.17) is 0 Å². The average Bonchev–Trinajstić information content (AvgIpc) is 3.23. The largest absolute Gasteiger partial charge is 0.312 e. The molecule has 1 aliphatic carbocycles. The Hall–Kier alpha value is -1.37. The zero-order valence-electron chi connectivity index (χ0n) is 12.1. The van der Waals surface area contributed by atoms with Crippen molar-refractivity contribution in [2.24, 2.45) is 0 Å². The maximum absolute atomic E-state index is 12.8. The van der Waals surface area contributed by atoms with Crippen molar-refractivity contribution in [1.82, 2.24) is 5.32 Å². The maximum atomic E-state index is 12.8. The number of rotatable bonds is 4. The van der Waals surface area contributed by atoms with Crippen molar-refractivity contribution >= 4 is 27.0 Å². The molecule has 2 aromatic rings. The van der Waals surface area contributed by atoms with Crippen LogP contribution in [0, 0.1) is 0 Å². The van der Waals surface area contributed by atoms with Crippen molar-refractivity contribution in [2.45, 2.75) is 35.9 Å². The zero-order valence-corrected chi connectivity index (χ0v) is 13.8. The summed E-state index contributed by atoms with van der Waals surface area (Å²) in [7, 11) is -3.50. The van der Waals surface area contributed by atoms with Gasteiger partial charge in [0.15, 0.2) is 0 Å². The van der Waals surface area contributed by atoms with E-state index in [0.717, 1.165) is 36.9 Å². The molecule has 22 heavy (non-hydrogen) atoms. The van der Waals surface area contributed by atoms with Gasteiger partial charge in [-0.1, -0.05) is 12.1 Å². The molecule has 0 bridgehead atoms. The summed E-state index contributed by atoms with van der Waals surface area (Å²) in [4.78, 5) is 0. The van der Waals surface area contributed by atoms with Crippen molar-refractivity contribution in [2.75, 3.05) is 11.3 Å². The Bertz CT molecular complexity index is 807. The molecule has 2 aliphatic rings. The molecule has 1 aromatic heterocycles. The highest BCUT2D eigenvalue weighted by atomic mass is 32.2. The molecule has 1 aromatic carbocycles. The van der Waals surface area contributed by atoms with Crippen molar-refractivity contribution in [3.05, 3.63) is 46.3 Å². The van der Waals surface area contributed by atoms with Gasteiger partial charge in [0.25, 0.3) is 10.0 Å². The van der Waals surface area contributed by atoms with Gasteiger partial charge in [0.2, 0.25) is 0 Å². The number of fused-ring (bicyclic) bond motifs is 1. The molecule has 6 heteroatoms. The summed E-state index contributed by atoms with van der Waals surface area (Å²) in [5.74, 6) is 0.434. The molecular formula is C16H18N2O2S2. The van der Waals surface area contributed by atoms with Gasteiger partial charge in [-0.2, -0.15) is 0 Å². The summed E-state index contributed by atoms with van der Waals surface area (Å²) in [5, 5.41) is 5.19.